The highest BCUT2D eigenvalue weighted by atomic mass is 32.2. The smallest absolute Gasteiger partial charge is 0.305 e. The number of hydrogen-bond acceptors (Lipinski definition) is 6. The van der Waals surface area contributed by atoms with Gasteiger partial charge in [-0.25, -0.2) is 8.42 Å². The topological polar surface area (TPSA) is 127 Å². The molecule has 1 rings (SSSR count). The van der Waals surface area contributed by atoms with Crippen molar-refractivity contribution in [2.24, 2.45) is 5.73 Å². The fraction of sp³-hybridized carbons (Fsp3) is 0.833. The summed E-state index contributed by atoms with van der Waals surface area (Å²) >= 11 is 0. The van der Waals surface area contributed by atoms with Crippen molar-refractivity contribution in [1.82, 2.24) is 4.90 Å². The molecule has 1 amide bonds. The number of nitrogens with two attached hydrogens (primary N) is 1. The molecule has 2 unspecified atom stereocenters. The molecule has 1 aliphatic heterocycles. The van der Waals surface area contributed by atoms with Gasteiger partial charge in [-0.3, -0.25) is 9.59 Å². The zero-order valence-corrected chi connectivity index (χ0v) is 12.8. The Labute approximate surface area is 124 Å². The molecular formula is C12H22N2O6S. The molecule has 0 bridgehead atoms. The fourth-order valence-corrected chi connectivity index (χ4v) is 3.86. The molecule has 0 saturated carbocycles. The number of carbonyl (C=O) groups excluding carboxylic acids is 1. The Morgan fingerprint density at radius 1 is 1.48 bits per heavy atom. The van der Waals surface area contributed by atoms with E-state index in [9.17, 15) is 18.0 Å². The van der Waals surface area contributed by atoms with Gasteiger partial charge in [-0.15, -0.1) is 0 Å². The molecule has 3 N–H and O–H groups in total. The van der Waals surface area contributed by atoms with E-state index in [4.69, 9.17) is 15.6 Å². The molecule has 9 heteroatoms. The predicted octanol–water partition coefficient (Wildman–Crippen LogP) is -1.16. The third-order valence-electron chi connectivity index (χ3n) is 3.40. The van der Waals surface area contributed by atoms with Crippen LogP contribution in [-0.4, -0.2) is 74.2 Å². The second kappa shape index (κ2) is 7.71. The first-order chi connectivity index (χ1) is 9.76. The molecule has 0 aromatic rings. The predicted molar refractivity (Wildman–Crippen MR) is 75.5 cm³/mol. The van der Waals surface area contributed by atoms with E-state index in [1.54, 1.807) is 7.11 Å². The molecule has 8 nitrogen and oxygen atoms in total. The third-order valence-corrected chi connectivity index (χ3v) is 5.10. The van der Waals surface area contributed by atoms with Crippen molar-refractivity contribution in [3.05, 3.63) is 0 Å². The molecule has 0 aliphatic carbocycles. The summed E-state index contributed by atoms with van der Waals surface area (Å²) in [5.41, 5.74) is 5.81. The van der Waals surface area contributed by atoms with Gasteiger partial charge in [0, 0.05) is 20.3 Å². The molecule has 0 aromatic carbocycles. The standard InChI is InChI=1S/C12H22N2O6S/c1-20-5-2-3-10(13)12(17)14-4-6-21(18,19)8-9(14)7-11(15)16/h9-10H,2-8,13H2,1H3,(H,15,16). The van der Waals surface area contributed by atoms with Crippen LogP contribution < -0.4 is 5.73 Å². The van der Waals surface area contributed by atoms with Crippen LogP contribution in [0.25, 0.3) is 0 Å². The molecule has 1 saturated heterocycles. The molecule has 21 heavy (non-hydrogen) atoms. The number of carboxylic acid groups (broad SMARTS) is 1. The van der Waals surface area contributed by atoms with Gasteiger partial charge in [0.2, 0.25) is 5.91 Å². The van der Waals surface area contributed by atoms with Crippen molar-refractivity contribution in [1.29, 1.82) is 0 Å². The monoisotopic (exact) mass is 322 g/mol. The lowest BCUT2D eigenvalue weighted by molar-refractivity contribution is -0.141. The Hall–Kier alpha value is -1.19. The van der Waals surface area contributed by atoms with Crippen LogP contribution in [0.4, 0.5) is 0 Å². The number of rotatable bonds is 7. The van der Waals surface area contributed by atoms with Gasteiger partial charge >= 0.3 is 5.97 Å². The molecule has 1 heterocycles. The Morgan fingerprint density at radius 2 is 2.14 bits per heavy atom. The molecule has 122 valence electrons. The van der Waals surface area contributed by atoms with Gasteiger partial charge in [0.05, 0.1) is 30.0 Å². The Balaban J connectivity index is 2.72. The normalized spacial score (nSPS) is 22.8. The number of ether oxygens (including phenoxy) is 1. The zero-order chi connectivity index (χ0) is 16.0. The largest absolute Gasteiger partial charge is 0.481 e. The molecule has 2 atom stereocenters. The first kappa shape index (κ1) is 17.9. The molecule has 1 aliphatic rings. The van der Waals surface area contributed by atoms with Crippen molar-refractivity contribution >= 4 is 21.7 Å². The second-order valence-corrected chi connectivity index (χ2v) is 7.37. The number of amides is 1. The number of methoxy groups -OCH3 is 1. The first-order valence-electron chi connectivity index (χ1n) is 6.74. The Kier molecular flexibility index (Phi) is 6.56. The third kappa shape index (κ3) is 5.60. The number of hydrogen-bond donors (Lipinski definition) is 2. The van der Waals surface area contributed by atoms with Crippen molar-refractivity contribution in [3.8, 4) is 0 Å². The molecular weight excluding hydrogens is 300 g/mol. The SMILES string of the molecule is COCCCC(N)C(=O)N1CCS(=O)(=O)CC1CC(=O)O. The zero-order valence-electron chi connectivity index (χ0n) is 12.0. The van der Waals surface area contributed by atoms with Crippen LogP contribution in [0.5, 0.6) is 0 Å². The Bertz CT molecular complexity index is 478. The van der Waals surface area contributed by atoms with E-state index in [0.29, 0.717) is 19.4 Å². The van der Waals surface area contributed by atoms with Gasteiger partial charge in [0.1, 0.15) is 0 Å². The number of sulfone groups is 1. The highest BCUT2D eigenvalue weighted by molar-refractivity contribution is 7.91. The summed E-state index contributed by atoms with van der Waals surface area (Å²) < 4.78 is 28.1. The average Bonchev–Trinajstić information content (AvgIpc) is 2.36. The van der Waals surface area contributed by atoms with E-state index in [1.165, 1.54) is 4.90 Å². The lowest BCUT2D eigenvalue weighted by Crippen LogP contribution is -2.56. The van der Waals surface area contributed by atoms with Crippen LogP contribution in [0, 0.1) is 0 Å². The summed E-state index contributed by atoms with van der Waals surface area (Å²) in [7, 11) is -1.76. The summed E-state index contributed by atoms with van der Waals surface area (Å²) in [6.45, 7) is 0.477. The molecule has 1 fully saturated rings. The minimum Gasteiger partial charge on any atom is -0.481 e. The number of carbonyl (C=O) groups is 2. The van der Waals surface area contributed by atoms with Gasteiger partial charge in [-0.1, -0.05) is 0 Å². The van der Waals surface area contributed by atoms with Gasteiger partial charge in [0.25, 0.3) is 0 Å². The average molecular weight is 322 g/mol. The summed E-state index contributed by atoms with van der Waals surface area (Å²) in [5, 5.41) is 8.87. The highest BCUT2D eigenvalue weighted by Crippen LogP contribution is 2.17. The van der Waals surface area contributed by atoms with Gasteiger partial charge in [0.15, 0.2) is 9.84 Å². The van der Waals surface area contributed by atoms with Gasteiger partial charge < -0.3 is 20.5 Å². The lowest BCUT2D eigenvalue weighted by atomic mass is 10.1. The van der Waals surface area contributed by atoms with E-state index in [0.717, 1.165) is 0 Å². The summed E-state index contributed by atoms with van der Waals surface area (Å²) in [4.78, 5) is 24.4. The van der Waals surface area contributed by atoms with Crippen LogP contribution in [0.15, 0.2) is 0 Å². The van der Waals surface area contributed by atoms with E-state index in [2.05, 4.69) is 0 Å². The van der Waals surface area contributed by atoms with Gasteiger partial charge in [-0.05, 0) is 12.8 Å². The fourth-order valence-electron chi connectivity index (χ4n) is 2.33. The van der Waals surface area contributed by atoms with E-state index < -0.39 is 40.2 Å². The quantitative estimate of drug-likeness (QED) is 0.566. The molecule has 0 aromatic heterocycles. The second-order valence-electron chi connectivity index (χ2n) is 5.14. The van der Waals surface area contributed by atoms with Crippen LogP contribution in [-0.2, 0) is 24.2 Å². The van der Waals surface area contributed by atoms with E-state index in [-0.39, 0.29) is 18.1 Å². The minimum atomic E-state index is -3.31. The number of aliphatic carboxylic acids is 1. The minimum absolute atomic E-state index is 0.00289. The van der Waals surface area contributed by atoms with Crippen molar-refractivity contribution < 1.29 is 27.9 Å². The van der Waals surface area contributed by atoms with Crippen molar-refractivity contribution in [2.75, 3.05) is 31.8 Å². The highest BCUT2D eigenvalue weighted by Gasteiger charge is 2.36. The Morgan fingerprint density at radius 3 is 2.71 bits per heavy atom. The van der Waals surface area contributed by atoms with E-state index in [1.807, 2.05) is 0 Å². The van der Waals surface area contributed by atoms with Crippen LogP contribution >= 0.6 is 0 Å². The van der Waals surface area contributed by atoms with Gasteiger partial charge in [-0.2, -0.15) is 0 Å². The van der Waals surface area contributed by atoms with Crippen LogP contribution in [0.2, 0.25) is 0 Å². The van der Waals surface area contributed by atoms with Crippen molar-refractivity contribution in [3.63, 3.8) is 0 Å². The van der Waals surface area contributed by atoms with Crippen LogP contribution in [0.1, 0.15) is 19.3 Å². The maximum absolute atomic E-state index is 12.3. The summed E-state index contributed by atoms with van der Waals surface area (Å²) in [5.74, 6) is -2.01. The lowest BCUT2D eigenvalue weighted by Gasteiger charge is -2.36. The van der Waals surface area contributed by atoms with Crippen molar-refractivity contribution in [2.45, 2.75) is 31.3 Å². The van der Waals surface area contributed by atoms with Crippen LogP contribution in [0.3, 0.4) is 0 Å². The number of carboxylic acids is 1. The number of nitrogens with zero attached hydrogens (tertiary/aromatic N) is 1. The molecule has 0 spiro atoms. The first-order valence-corrected chi connectivity index (χ1v) is 8.56. The summed E-state index contributed by atoms with van der Waals surface area (Å²) in [6, 6.07) is -1.61. The maximum Gasteiger partial charge on any atom is 0.305 e. The maximum atomic E-state index is 12.3. The summed E-state index contributed by atoms with van der Waals surface area (Å²) in [6.07, 6.45) is 0.630. The molecule has 0 radical (unpaired) electrons. The van der Waals surface area contributed by atoms with E-state index >= 15 is 0 Å².